The van der Waals surface area contributed by atoms with Crippen molar-refractivity contribution in [3.8, 4) is 0 Å². The van der Waals surface area contributed by atoms with Gasteiger partial charge in [0.1, 0.15) is 0 Å². The second-order valence-corrected chi connectivity index (χ2v) is 8.66. The number of allylic oxidation sites excluding steroid dienone is 1. The van der Waals surface area contributed by atoms with Gasteiger partial charge in [0.15, 0.2) is 0 Å². The van der Waals surface area contributed by atoms with Gasteiger partial charge in [-0.2, -0.15) is 0 Å². The van der Waals surface area contributed by atoms with Crippen molar-refractivity contribution in [2.75, 3.05) is 6.54 Å². The summed E-state index contributed by atoms with van der Waals surface area (Å²) in [6.07, 6.45) is 6.20. The van der Waals surface area contributed by atoms with Gasteiger partial charge in [0, 0.05) is 0 Å². The third-order valence-corrected chi connectivity index (χ3v) is 7.78. The lowest BCUT2D eigenvalue weighted by molar-refractivity contribution is -0.117. The average Bonchev–Trinajstić information content (AvgIpc) is 2.78. The highest BCUT2D eigenvalue weighted by Gasteiger charge is 2.56. The fourth-order valence-electron chi connectivity index (χ4n) is 6.06. The van der Waals surface area contributed by atoms with Crippen LogP contribution in [-0.4, -0.2) is 29.0 Å². The van der Waals surface area contributed by atoms with Crippen LogP contribution in [0.2, 0.25) is 0 Å². The van der Waals surface area contributed by atoms with Gasteiger partial charge >= 0.3 is 0 Å². The zero-order chi connectivity index (χ0) is 16.1. The van der Waals surface area contributed by atoms with E-state index in [-0.39, 0.29) is 16.9 Å². The molecule has 3 aliphatic rings. The number of aliphatic hydroxyl groups is 2. The number of nitrogens with two attached hydrogens (primary N) is 1. The van der Waals surface area contributed by atoms with Crippen LogP contribution in [0.3, 0.4) is 0 Å². The zero-order valence-corrected chi connectivity index (χ0v) is 14.2. The largest absolute Gasteiger partial charge is 0.393 e. The van der Waals surface area contributed by atoms with Gasteiger partial charge in [-0.05, 0) is 80.1 Å². The van der Waals surface area contributed by atoms with E-state index in [0.717, 1.165) is 25.7 Å². The third kappa shape index (κ3) is 2.28. The first-order valence-electron chi connectivity index (χ1n) is 9.07. The maximum absolute atomic E-state index is 10.7. The van der Waals surface area contributed by atoms with Crippen LogP contribution in [-0.2, 0) is 0 Å². The van der Waals surface area contributed by atoms with Gasteiger partial charge < -0.3 is 15.9 Å². The van der Waals surface area contributed by atoms with Crippen molar-refractivity contribution in [1.82, 2.24) is 0 Å². The van der Waals surface area contributed by atoms with E-state index < -0.39 is 6.10 Å². The van der Waals surface area contributed by atoms with Crippen LogP contribution < -0.4 is 5.73 Å². The summed E-state index contributed by atoms with van der Waals surface area (Å²) in [4.78, 5) is 0. The van der Waals surface area contributed by atoms with Gasteiger partial charge in [-0.1, -0.05) is 26.0 Å². The molecular formula is C19H33NO2. The Hall–Kier alpha value is -0.380. The number of fused-ring (bicyclic) bond motifs is 1. The van der Waals surface area contributed by atoms with Crippen LogP contribution in [0.4, 0.5) is 0 Å². The Morgan fingerprint density at radius 1 is 1.14 bits per heavy atom. The molecule has 0 aromatic heterocycles. The highest BCUT2D eigenvalue weighted by molar-refractivity contribution is 5.20. The molecule has 3 saturated carbocycles. The number of aliphatic hydroxyl groups excluding tert-OH is 2. The van der Waals surface area contributed by atoms with E-state index in [1.165, 1.54) is 18.4 Å². The molecule has 0 aromatic rings. The lowest BCUT2D eigenvalue weighted by atomic mass is 9.51. The minimum absolute atomic E-state index is 0.0888. The first-order chi connectivity index (χ1) is 10.3. The van der Waals surface area contributed by atoms with E-state index in [0.29, 0.717) is 30.7 Å². The van der Waals surface area contributed by atoms with E-state index in [1.807, 2.05) is 0 Å². The lowest BCUT2D eigenvalue weighted by Gasteiger charge is -2.55. The number of hydrogen-bond donors (Lipinski definition) is 3. The van der Waals surface area contributed by atoms with Crippen molar-refractivity contribution in [3.63, 3.8) is 0 Å². The summed E-state index contributed by atoms with van der Waals surface area (Å²) < 4.78 is 0. The molecule has 22 heavy (non-hydrogen) atoms. The summed E-state index contributed by atoms with van der Waals surface area (Å²) in [5, 5.41) is 20.6. The molecule has 126 valence electrons. The molecule has 0 saturated heterocycles. The van der Waals surface area contributed by atoms with Crippen molar-refractivity contribution >= 4 is 0 Å². The van der Waals surface area contributed by atoms with Gasteiger partial charge in [-0.15, -0.1) is 0 Å². The minimum Gasteiger partial charge on any atom is -0.393 e. The van der Waals surface area contributed by atoms with E-state index in [9.17, 15) is 10.2 Å². The monoisotopic (exact) mass is 307 g/mol. The molecule has 0 aromatic carbocycles. The highest BCUT2D eigenvalue weighted by Crippen LogP contribution is 2.62. The zero-order valence-electron chi connectivity index (χ0n) is 14.2. The third-order valence-electron chi connectivity index (χ3n) is 7.78. The Balaban J connectivity index is 1.87. The van der Waals surface area contributed by atoms with Gasteiger partial charge in [0.25, 0.3) is 0 Å². The fraction of sp³-hybridized carbons (Fsp3) is 0.895. The minimum atomic E-state index is -0.399. The van der Waals surface area contributed by atoms with Crippen LogP contribution in [0, 0.1) is 28.6 Å². The summed E-state index contributed by atoms with van der Waals surface area (Å²) in [7, 11) is 0. The first kappa shape index (κ1) is 16.5. The summed E-state index contributed by atoms with van der Waals surface area (Å²) in [6, 6.07) is 0. The Labute approximate surface area is 135 Å². The van der Waals surface area contributed by atoms with Crippen molar-refractivity contribution in [2.45, 2.75) is 71.0 Å². The van der Waals surface area contributed by atoms with E-state index in [2.05, 4.69) is 20.4 Å². The maximum Gasteiger partial charge on any atom is 0.0621 e. The molecule has 0 heterocycles. The van der Waals surface area contributed by atoms with Crippen molar-refractivity contribution < 1.29 is 10.2 Å². The molecule has 0 aliphatic heterocycles. The quantitative estimate of drug-likeness (QED) is 0.687. The molecule has 3 unspecified atom stereocenters. The van der Waals surface area contributed by atoms with E-state index >= 15 is 0 Å². The van der Waals surface area contributed by atoms with Gasteiger partial charge in [-0.25, -0.2) is 0 Å². The molecule has 3 fully saturated rings. The first-order valence-corrected chi connectivity index (χ1v) is 9.07. The Morgan fingerprint density at radius 3 is 2.50 bits per heavy atom. The second kappa shape index (κ2) is 5.61. The molecule has 3 rings (SSSR count). The number of rotatable bonds is 2. The SMILES string of the molecule is C=C1CCC2C(CN)C([C@@]3(C)CC[C@H](O)C[C@@H]3O)CC[C@]12C. The summed E-state index contributed by atoms with van der Waals surface area (Å²) >= 11 is 0. The Morgan fingerprint density at radius 2 is 1.86 bits per heavy atom. The fourth-order valence-corrected chi connectivity index (χ4v) is 6.06. The molecule has 3 heteroatoms. The predicted molar refractivity (Wildman–Crippen MR) is 89.2 cm³/mol. The van der Waals surface area contributed by atoms with Crippen molar-refractivity contribution in [1.29, 1.82) is 0 Å². The van der Waals surface area contributed by atoms with E-state index in [4.69, 9.17) is 5.73 Å². The number of hydrogen-bond acceptors (Lipinski definition) is 3. The topological polar surface area (TPSA) is 66.5 Å². The molecule has 0 amide bonds. The molecule has 0 radical (unpaired) electrons. The summed E-state index contributed by atoms with van der Waals surface area (Å²) in [6.45, 7) is 9.67. The molecule has 0 bridgehead atoms. The standard InChI is InChI=1S/C19H33NO2/c1-12-4-5-15-14(11-20)16(7-9-18(12,15)2)19(3)8-6-13(21)10-17(19)22/h13-17,21-22H,1,4-11,20H2,2-3H3/t13-,14?,15?,16?,17-,18+,19+/m0/s1. The highest BCUT2D eigenvalue weighted by atomic mass is 16.3. The smallest absolute Gasteiger partial charge is 0.0621 e. The van der Waals surface area contributed by atoms with Crippen molar-refractivity contribution in [3.05, 3.63) is 12.2 Å². The Kier molecular flexibility index (Phi) is 4.20. The Bertz CT molecular complexity index is 451. The maximum atomic E-state index is 10.7. The van der Waals surface area contributed by atoms with Crippen molar-refractivity contribution in [2.24, 2.45) is 34.3 Å². The van der Waals surface area contributed by atoms with Crippen LogP contribution in [0.5, 0.6) is 0 Å². The molecule has 0 spiro atoms. The molecular weight excluding hydrogens is 274 g/mol. The van der Waals surface area contributed by atoms with Crippen LogP contribution >= 0.6 is 0 Å². The molecule has 3 nitrogen and oxygen atoms in total. The summed E-state index contributed by atoms with van der Waals surface area (Å²) in [5.41, 5.74) is 7.82. The molecule has 3 aliphatic carbocycles. The average molecular weight is 307 g/mol. The van der Waals surface area contributed by atoms with Crippen LogP contribution in [0.15, 0.2) is 12.2 Å². The van der Waals surface area contributed by atoms with Crippen LogP contribution in [0.25, 0.3) is 0 Å². The lowest BCUT2D eigenvalue weighted by Crippen LogP contribution is -2.53. The van der Waals surface area contributed by atoms with E-state index in [1.54, 1.807) is 0 Å². The molecule has 4 N–H and O–H groups in total. The normalized spacial score (nSPS) is 52.6. The molecule has 7 atom stereocenters. The predicted octanol–water partition coefficient (Wildman–Crippen LogP) is 2.86. The van der Waals surface area contributed by atoms with Gasteiger partial charge in [0.2, 0.25) is 0 Å². The van der Waals surface area contributed by atoms with Gasteiger partial charge in [0.05, 0.1) is 12.2 Å². The summed E-state index contributed by atoms with van der Waals surface area (Å²) in [5.74, 6) is 1.58. The van der Waals surface area contributed by atoms with Crippen LogP contribution in [0.1, 0.15) is 58.8 Å². The second-order valence-electron chi connectivity index (χ2n) is 8.66. The van der Waals surface area contributed by atoms with Gasteiger partial charge in [-0.3, -0.25) is 0 Å².